The van der Waals surface area contributed by atoms with Crippen LogP contribution in [0.2, 0.25) is 0 Å². The van der Waals surface area contributed by atoms with Gasteiger partial charge in [0.2, 0.25) is 5.91 Å². The molecule has 4 amide bonds. The highest BCUT2D eigenvalue weighted by molar-refractivity contribution is 6.10. The SMILES string of the molecule is CC1(c2ccccc2)NC(=O)N(CC(=O)Nc2ccc(OC(F)F)cc2)C1=O. The Bertz CT molecular complexity index is 890. The number of halogens is 2. The van der Waals surface area contributed by atoms with Gasteiger partial charge in [-0.25, -0.2) is 4.79 Å². The Balaban J connectivity index is 1.65. The predicted octanol–water partition coefficient (Wildman–Crippen LogP) is 2.69. The molecular weight excluding hydrogens is 372 g/mol. The fraction of sp³-hybridized carbons (Fsp3) is 0.211. The number of alkyl halides is 2. The van der Waals surface area contributed by atoms with Crippen molar-refractivity contribution in [1.82, 2.24) is 10.2 Å². The largest absolute Gasteiger partial charge is 0.435 e. The van der Waals surface area contributed by atoms with Crippen molar-refractivity contribution in [1.29, 1.82) is 0 Å². The molecule has 28 heavy (non-hydrogen) atoms. The summed E-state index contributed by atoms with van der Waals surface area (Å²) in [6.45, 7) is -1.86. The molecule has 1 aliphatic rings. The van der Waals surface area contributed by atoms with E-state index in [0.717, 1.165) is 4.90 Å². The lowest BCUT2D eigenvalue weighted by Crippen LogP contribution is -2.42. The molecule has 1 saturated heterocycles. The molecule has 0 saturated carbocycles. The van der Waals surface area contributed by atoms with Crippen molar-refractivity contribution in [3.05, 3.63) is 60.2 Å². The maximum absolute atomic E-state index is 12.7. The Morgan fingerprint density at radius 3 is 2.39 bits per heavy atom. The minimum atomic E-state index is -2.95. The first-order chi connectivity index (χ1) is 13.3. The zero-order chi connectivity index (χ0) is 20.3. The van der Waals surface area contributed by atoms with Crippen molar-refractivity contribution in [2.24, 2.45) is 0 Å². The van der Waals surface area contributed by atoms with Crippen LogP contribution in [-0.4, -0.2) is 35.9 Å². The van der Waals surface area contributed by atoms with Gasteiger partial charge in [0.1, 0.15) is 17.8 Å². The summed E-state index contributed by atoms with van der Waals surface area (Å²) >= 11 is 0. The average Bonchev–Trinajstić information content (AvgIpc) is 2.88. The molecule has 1 fully saturated rings. The zero-order valence-electron chi connectivity index (χ0n) is 14.8. The molecule has 9 heteroatoms. The second-order valence-corrected chi connectivity index (χ2v) is 6.26. The number of nitrogens with one attached hydrogen (secondary N) is 2. The molecule has 146 valence electrons. The highest BCUT2D eigenvalue weighted by Gasteiger charge is 2.49. The molecule has 0 bridgehead atoms. The Morgan fingerprint density at radius 1 is 1.14 bits per heavy atom. The number of hydrogen-bond donors (Lipinski definition) is 2. The van der Waals surface area contributed by atoms with E-state index in [-0.39, 0.29) is 5.75 Å². The van der Waals surface area contributed by atoms with Crippen molar-refractivity contribution in [2.45, 2.75) is 19.1 Å². The minimum absolute atomic E-state index is 0.0549. The molecule has 3 rings (SSSR count). The number of ether oxygens (including phenoxy) is 1. The van der Waals surface area contributed by atoms with Crippen molar-refractivity contribution < 1.29 is 27.9 Å². The summed E-state index contributed by atoms with van der Waals surface area (Å²) < 4.78 is 28.5. The predicted molar refractivity (Wildman–Crippen MR) is 95.7 cm³/mol. The Kier molecular flexibility index (Phi) is 5.25. The van der Waals surface area contributed by atoms with Gasteiger partial charge in [0.25, 0.3) is 5.91 Å². The molecule has 1 unspecified atom stereocenters. The van der Waals surface area contributed by atoms with Crippen LogP contribution in [0.1, 0.15) is 12.5 Å². The normalized spacial score (nSPS) is 18.9. The quantitative estimate of drug-likeness (QED) is 0.744. The van der Waals surface area contributed by atoms with E-state index < -0.39 is 36.5 Å². The van der Waals surface area contributed by atoms with E-state index in [1.807, 2.05) is 0 Å². The van der Waals surface area contributed by atoms with Crippen LogP contribution >= 0.6 is 0 Å². The van der Waals surface area contributed by atoms with E-state index in [2.05, 4.69) is 15.4 Å². The summed E-state index contributed by atoms with van der Waals surface area (Å²) in [5, 5.41) is 5.11. The standard InChI is InChI=1S/C19H17F2N3O4/c1-19(12-5-3-2-4-6-12)16(26)24(18(27)23-19)11-15(25)22-13-7-9-14(10-8-13)28-17(20)21/h2-10,17H,11H2,1H3,(H,22,25)(H,23,27). The second-order valence-electron chi connectivity index (χ2n) is 6.26. The van der Waals surface area contributed by atoms with E-state index in [0.29, 0.717) is 11.3 Å². The molecule has 0 aliphatic carbocycles. The second kappa shape index (κ2) is 7.63. The van der Waals surface area contributed by atoms with Crippen LogP contribution in [0.3, 0.4) is 0 Å². The third kappa shape index (κ3) is 3.93. The van der Waals surface area contributed by atoms with Crippen LogP contribution in [0.15, 0.2) is 54.6 Å². The van der Waals surface area contributed by atoms with Crippen LogP contribution in [0, 0.1) is 0 Å². The summed E-state index contributed by atoms with van der Waals surface area (Å²) in [5.41, 5.74) is -0.345. The number of urea groups is 1. The van der Waals surface area contributed by atoms with Crippen LogP contribution in [0.25, 0.3) is 0 Å². The summed E-state index contributed by atoms with van der Waals surface area (Å²) in [6, 6.07) is 13.3. The number of benzene rings is 2. The van der Waals surface area contributed by atoms with Gasteiger partial charge in [-0.1, -0.05) is 30.3 Å². The van der Waals surface area contributed by atoms with Gasteiger partial charge in [0.15, 0.2) is 0 Å². The maximum atomic E-state index is 12.7. The summed E-state index contributed by atoms with van der Waals surface area (Å²) in [7, 11) is 0. The first kappa shape index (κ1) is 19.3. The Labute approximate surface area is 159 Å². The van der Waals surface area contributed by atoms with Crippen LogP contribution in [0.4, 0.5) is 19.3 Å². The third-order valence-corrected chi connectivity index (χ3v) is 4.29. The lowest BCUT2D eigenvalue weighted by atomic mass is 9.92. The third-order valence-electron chi connectivity index (χ3n) is 4.29. The number of nitrogens with zero attached hydrogens (tertiary/aromatic N) is 1. The van der Waals surface area contributed by atoms with E-state index in [1.165, 1.54) is 24.3 Å². The molecule has 1 aliphatic heterocycles. The van der Waals surface area contributed by atoms with Gasteiger partial charge < -0.3 is 15.4 Å². The first-order valence-corrected chi connectivity index (χ1v) is 8.34. The molecular formula is C19H17F2N3O4. The van der Waals surface area contributed by atoms with Crippen molar-refractivity contribution >= 4 is 23.5 Å². The molecule has 2 aromatic rings. The monoisotopic (exact) mass is 389 g/mol. The first-order valence-electron chi connectivity index (χ1n) is 8.34. The van der Waals surface area contributed by atoms with Gasteiger partial charge in [-0.3, -0.25) is 14.5 Å². The Hall–Kier alpha value is -3.49. The van der Waals surface area contributed by atoms with Gasteiger partial charge in [-0.05, 0) is 36.8 Å². The number of anilines is 1. The number of rotatable bonds is 6. The van der Waals surface area contributed by atoms with Gasteiger partial charge in [-0.15, -0.1) is 0 Å². The lowest BCUT2D eigenvalue weighted by Gasteiger charge is -2.22. The minimum Gasteiger partial charge on any atom is -0.435 e. The van der Waals surface area contributed by atoms with Crippen LogP contribution in [0.5, 0.6) is 5.75 Å². The molecule has 0 aromatic heterocycles. The molecule has 0 radical (unpaired) electrons. The lowest BCUT2D eigenvalue weighted by molar-refractivity contribution is -0.133. The number of carbonyl (C=O) groups excluding carboxylic acids is 3. The number of carbonyl (C=O) groups is 3. The van der Waals surface area contributed by atoms with E-state index in [9.17, 15) is 23.2 Å². The highest BCUT2D eigenvalue weighted by Crippen LogP contribution is 2.28. The van der Waals surface area contributed by atoms with E-state index in [4.69, 9.17) is 0 Å². The smallest absolute Gasteiger partial charge is 0.387 e. The fourth-order valence-electron chi connectivity index (χ4n) is 2.87. The molecule has 1 atom stereocenters. The van der Waals surface area contributed by atoms with Crippen LogP contribution < -0.4 is 15.4 Å². The zero-order valence-corrected chi connectivity index (χ0v) is 14.8. The van der Waals surface area contributed by atoms with E-state index >= 15 is 0 Å². The number of amides is 4. The molecule has 7 nitrogen and oxygen atoms in total. The van der Waals surface area contributed by atoms with Crippen molar-refractivity contribution in [3.8, 4) is 5.75 Å². The molecule has 1 heterocycles. The van der Waals surface area contributed by atoms with Gasteiger partial charge in [0.05, 0.1) is 0 Å². The summed E-state index contributed by atoms with van der Waals surface area (Å²) in [4.78, 5) is 38.0. The van der Waals surface area contributed by atoms with Crippen molar-refractivity contribution in [3.63, 3.8) is 0 Å². The maximum Gasteiger partial charge on any atom is 0.387 e. The van der Waals surface area contributed by atoms with Gasteiger partial charge in [0, 0.05) is 5.69 Å². The Morgan fingerprint density at radius 2 is 1.79 bits per heavy atom. The summed E-state index contributed by atoms with van der Waals surface area (Å²) in [6.07, 6.45) is 0. The van der Waals surface area contributed by atoms with Gasteiger partial charge >= 0.3 is 12.6 Å². The number of imide groups is 1. The summed E-state index contributed by atoms with van der Waals surface area (Å²) in [5.74, 6) is -1.21. The molecule has 2 aromatic carbocycles. The van der Waals surface area contributed by atoms with Gasteiger partial charge in [-0.2, -0.15) is 8.78 Å². The van der Waals surface area contributed by atoms with Crippen LogP contribution in [-0.2, 0) is 15.1 Å². The molecule has 2 N–H and O–H groups in total. The topological polar surface area (TPSA) is 87.7 Å². The number of hydrogen-bond acceptors (Lipinski definition) is 4. The highest BCUT2D eigenvalue weighted by atomic mass is 19.3. The average molecular weight is 389 g/mol. The van der Waals surface area contributed by atoms with Crippen molar-refractivity contribution in [2.75, 3.05) is 11.9 Å². The van der Waals surface area contributed by atoms with E-state index in [1.54, 1.807) is 37.3 Å². The molecule has 0 spiro atoms. The fourth-order valence-corrected chi connectivity index (χ4v) is 2.87.